The van der Waals surface area contributed by atoms with Gasteiger partial charge in [0.25, 0.3) is 0 Å². The van der Waals surface area contributed by atoms with Crippen LogP contribution in [0.2, 0.25) is 0 Å². The number of hydrogen-bond donors (Lipinski definition) is 1. The molecular weight excluding hydrogens is 234 g/mol. The lowest BCUT2D eigenvalue weighted by Gasteiger charge is -2.14. The topological polar surface area (TPSA) is 23.5 Å². The Hall–Kier alpha value is -0.730. The van der Waals surface area contributed by atoms with Gasteiger partial charge in [-0.2, -0.15) is 0 Å². The third-order valence-corrected chi connectivity index (χ3v) is 2.80. The fraction of sp³-hybridized carbons (Fsp3) is 0.571. The summed E-state index contributed by atoms with van der Waals surface area (Å²) in [5, 5.41) is 9.37. The highest BCUT2D eigenvalue weighted by Gasteiger charge is 2.04. The van der Waals surface area contributed by atoms with Gasteiger partial charge in [-0.05, 0) is 63.5 Å². The molecule has 0 unspecified atom stereocenters. The summed E-state index contributed by atoms with van der Waals surface area (Å²) in [4.78, 5) is 2.22. The Morgan fingerprint density at radius 1 is 1.29 bits per heavy atom. The van der Waals surface area contributed by atoms with Crippen LogP contribution < -0.4 is 0 Å². The van der Waals surface area contributed by atoms with Crippen LogP contribution in [0.1, 0.15) is 25.3 Å². The lowest BCUT2D eigenvalue weighted by molar-refractivity contribution is 0.372. The van der Waals surface area contributed by atoms with Crippen molar-refractivity contribution in [1.29, 1.82) is 0 Å². The van der Waals surface area contributed by atoms with Gasteiger partial charge in [0.05, 0.1) is 0 Å². The minimum Gasteiger partial charge on any atom is -0.508 e. The SMILES string of the molecule is C[C@H](CCCN(C)C)Cc1cccc(O)c1.Cl. The Bertz CT molecular complexity index is 315. The van der Waals surface area contributed by atoms with Crippen LogP contribution in [0.4, 0.5) is 0 Å². The predicted octanol–water partition coefficient (Wildman–Crippen LogP) is 3.33. The first-order chi connectivity index (χ1) is 7.58. The van der Waals surface area contributed by atoms with Gasteiger partial charge in [0.1, 0.15) is 5.75 Å². The molecule has 0 bridgehead atoms. The van der Waals surface area contributed by atoms with Crippen molar-refractivity contribution >= 4 is 12.4 Å². The van der Waals surface area contributed by atoms with Gasteiger partial charge in [-0.1, -0.05) is 19.1 Å². The van der Waals surface area contributed by atoms with E-state index in [4.69, 9.17) is 0 Å². The molecular formula is C14H24ClNO. The van der Waals surface area contributed by atoms with Crippen molar-refractivity contribution in [3.63, 3.8) is 0 Å². The molecule has 0 aromatic heterocycles. The molecule has 0 aliphatic carbocycles. The number of phenolic OH excluding ortho intramolecular Hbond substituents is 1. The lowest BCUT2D eigenvalue weighted by atomic mass is 9.96. The first-order valence-corrected chi connectivity index (χ1v) is 6.00. The van der Waals surface area contributed by atoms with Crippen molar-refractivity contribution in [2.45, 2.75) is 26.2 Å². The number of aromatic hydroxyl groups is 1. The van der Waals surface area contributed by atoms with E-state index in [2.05, 4.69) is 32.0 Å². The van der Waals surface area contributed by atoms with Gasteiger partial charge >= 0.3 is 0 Å². The van der Waals surface area contributed by atoms with Crippen LogP contribution in [-0.4, -0.2) is 30.6 Å². The molecule has 0 saturated heterocycles. The van der Waals surface area contributed by atoms with Crippen LogP contribution >= 0.6 is 12.4 Å². The maximum Gasteiger partial charge on any atom is 0.115 e. The molecule has 0 spiro atoms. The summed E-state index contributed by atoms with van der Waals surface area (Å²) < 4.78 is 0. The standard InChI is InChI=1S/C14H23NO.ClH/c1-12(6-5-9-15(2)3)10-13-7-4-8-14(16)11-13;/h4,7-8,11-12,16H,5-6,9-10H2,1-3H3;1H/t12-;/m1./s1. The van der Waals surface area contributed by atoms with E-state index < -0.39 is 0 Å². The van der Waals surface area contributed by atoms with Gasteiger partial charge in [-0.15, -0.1) is 12.4 Å². The molecule has 0 radical (unpaired) electrons. The highest BCUT2D eigenvalue weighted by atomic mass is 35.5. The highest BCUT2D eigenvalue weighted by Crippen LogP contribution is 2.17. The third-order valence-electron chi connectivity index (χ3n) is 2.80. The molecule has 0 aliphatic rings. The van der Waals surface area contributed by atoms with Crippen molar-refractivity contribution in [2.24, 2.45) is 5.92 Å². The number of rotatable bonds is 6. The number of halogens is 1. The van der Waals surface area contributed by atoms with Crippen molar-refractivity contribution in [2.75, 3.05) is 20.6 Å². The fourth-order valence-corrected chi connectivity index (χ4v) is 1.94. The molecule has 1 N–H and O–H groups in total. The fourth-order valence-electron chi connectivity index (χ4n) is 1.94. The molecule has 17 heavy (non-hydrogen) atoms. The van der Waals surface area contributed by atoms with E-state index >= 15 is 0 Å². The monoisotopic (exact) mass is 257 g/mol. The molecule has 3 heteroatoms. The summed E-state index contributed by atoms with van der Waals surface area (Å²) in [7, 11) is 4.22. The Morgan fingerprint density at radius 3 is 2.59 bits per heavy atom. The van der Waals surface area contributed by atoms with Gasteiger partial charge in [0.15, 0.2) is 0 Å². The largest absolute Gasteiger partial charge is 0.508 e. The molecule has 1 atom stereocenters. The molecule has 1 aromatic rings. The van der Waals surface area contributed by atoms with Crippen molar-refractivity contribution < 1.29 is 5.11 Å². The zero-order valence-corrected chi connectivity index (χ0v) is 11.8. The molecule has 1 rings (SSSR count). The first kappa shape index (κ1) is 16.3. The van der Waals surface area contributed by atoms with Gasteiger partial charge < -0.3 is 10.0 Å². The molecule has 0 amide bonds. The zero-order valence-electron chi connectivity index (χ0n) is 11.0. The number of benzene rings is 1. The summed E-state index contributed by atoms with van der Waals surface area (Å²) in [6.07, 6.45) is 3.54. The Labute approximate surface area is 111 Å². The Kier molecular flexibility index (Phi) is 8.01. The first-order valence-electron chi connectivity index (χ1n) is 6.00. The average Bonchev–Trinajstić information content (AvgIpc) is 2.16. The van der Waals surface area contributed by atoms with Crippen LogP contribution in [0.15, 0.2) is 24.3 Å². The third kappa shape index (κ3) is 7.24. The molecule has 0 heterocycles. The van der Waals surface area contributed by atoms with E-state index in [0.29, 0.717) is 11.7 Å². The van der Waals surface area contributed by atoms with Crippen molar-refractivity contribution in [3.8, 4) is 5.75 Å². The second-order valence-electron chi connectivity index (χ2n) is 4.92. The minimum absolute atomic E-state index is 0. The molecule has 0 fully saturated rings. The normalized spacial score (nSPS) is 12.2. The van der Waals surface area contributed by atoms with Crippen LogP contribution in [0, 0.1) is 5.92 Å². The number of phenols is 1. The van der Waals surface area contributed by atoms with E-state index in [-0.39, 0.29) is 12.4 Å². The summed E-state index contributed by atoms with van der Waals surface area (Å²) >= 11 is 0. The molecule has 98 valence electrons. The Balaban J connectivity index is 0.00000256. The van der Waals surface area contributed by atoms with Gasteiger partial charge in [-0.25, -0.2) is 0 Å². The summed E-state index contributed by atoms with van der Waals surface area (Å²) in [5.74, 6) is 1.06. The van der Waals surface area contributed by atoms with E-state index in [1.54, 1.807) is 6.07 Å². The van der Waals surface area contributed by atoms with E-state index in [1.165, 1.54) is 18.4 Å². The molecule has 0 aliphatic heterocycles. The zero-order chi connectivity index (χ0) is 12.0. The number of nitrogens with zero attached hydrogens (tertiary/aromatic N) is 1. The Morgan fingerprint density at radius 2 is 2.00 bits per heavy atom. The minimum atomic E-state index is 0. The van der Waals surface area contributed by atoms with Crippen LogP contribution in [0.25, 0.3) is 0 Å². The van der Waals surface area contributed by atoms with E-state index in [1.807, 2.05) is 12.1 Å². The summed E-state index contributed by atoms with van der Waals surface area (Å²) in [5.41, 5.74) is 1.23. The van der Waals surface area contributed by atoms with E-state index in [9.17, 15) is 5.11 Å². The lowest BCUT2D eigenvalue weighted by Crippen LogP contribution is -2.14. The smallest absolute Gasteiger partial charge is 0.115 e. The second kappa shape index (κ2) is 8.37. The summed E-state index contributed by atoms with van der Waals surface area (Å²) in [6, 6.07) is 7.59. The average molecular weight is 258 g/mol. The highest BCUT2D eigenvalue weighted by molar-refractivity contribution is 5.85. The van der Waals surface area contributed by atoms with Crippen molar-refractivity contribution in [1.82, 2.24) is 4.90 Å². The number of hydrogen-bond acceptors (Lipinski definition) is 2. The van der Waals surface area contributed by atoms with Gasteiger partial charge in [0.2, 0.25) is 0 Å². The molecule has 1 aromatic carbocycles. The molecule has 2 nitrogen and oxygen atoms in total. The quantitative estimate of drug-likeness (QED) is 0.845. The molecule has 0 saturated carbocycles. The van der Waals surface area contributed by atoms with Crippen LogP contribution in [0.3, 0.4) is 0 Å². The summed E-state index contributed by atoms with van der Waals surface area (Å²) in [6.45, 7) is 3.43. The van der Waals surface area contributed by atoms with Crippen molar-refractivity contribution in [3.05, 3.63) is 29.8 Å². The maximum atomic E-state index is 9.37. The van der Waals surface area contributed by atoms with Crippen LogP contribution in [0.5, 0.6) is 5.75 Å². The second-order valence-corrected chi connectivity index (χ2v) is 4.92. The maximum absolute atomic E-state index is 9.37. The van der Waals surface area contributed by atoms with Gasteiger partial charge in [-0.3, -0.25) is 0 Å². The van der Waals surface area contributed by atoms with Gasteiger partial charge in [0, 0.05) is 0 Å². The predicted molar refractivity (Wildman–Crippen MR) is 76.0 cm³/mol. The van der Waals surface area contributed by atoms with E-state index in [0.717, 1.165) is 13.0 Å². The van der Waals surface area contributed by atoms with Crippen LogP contribution in [-0.2, 0) is 6.42 Å².